The Morgan fingerprint density at radius 3 is 2.79 bits per heavy atom. The van der Waals surface area contributed by atoms with Gasteiger partial charge in [0.1, 0.15) is 6.04 Å². The van der Waals surface area contributed by atoms with E-state index in [-0.39, 0.29) is 11.8 Å². The van der Waals surface area contributed by atoms with E-state index in [1.54, 1.807) is 6.92 Å². The Hall–Kier alpha value is -0.770. The topological polar surface area (TPSA) is 57.6 Å². The highest BCUT2D eigenvalue weighted by Gasteiger charge is 2.36. The fourth-order valence-corrected chi connectivity index (χ4v) is 1.95. The molecule has 4 nitrogen and oxygen atoms in total. The molecule has 0 aliphatic carbocycles. The Balaban J connectivity index is 2.68. The Labute approximate surface area is 87.8 Å². The van der Waals surface area contributed by atoms with Gasteiger partial charge in [-0.3, -0.25) is 4.79 Å². The summed E-state index contributed by atoms with van der Waals surface area (Å²) in [5.74, 6) is -0.503. The predicted molar refractivity (Wildman–Crippen MR) is 52.3 cm³/mol. The summed E-state index contributed by atoms with van der Waals surface area (Å²) in [5, 5.41) is 8.88. The van der Waals surface area contributed by atoms with Crippen molar-refractivity contribution in [1.29, 1.82) is 0 Å². The Kier molecular flexibility index (Phi) is 3.75. The number of likely N-dealkylation sites (tertiary alicyclic amines) is 1. The largest absolute Gasteiger partial charge is 0.480 e. The van der Waals surface area contributed by atoms with Gasteiger partial charge in [-0.15, -0.1) is 11.6 Å². The predicted octanol–water partition coefficient (Wildman–Crippen LogP) is 0.937. The van der Waals surface area contributed by atoms with Crippen LogP contribution in [0.5, 0.6) is 0 Å². The normalized spacial score (nSPS) is 24.0. The molecule has 1 aliphatic rings. The van der Waals surface area contributed by atoms with Gasteiger partial charge in [-0.05, 0) is 12.3 Å². The fourth-order valence-electron chi connectivity index (χ4n) is 1.74. The fraction of sp³-hybridized carbons (Fsp3) is 0.778. The summed E-state index contributed by atoms with van der Waals surface area (Å²) < 4.78 is 0. The van der Waals surface area contributed by atoms with E-state index in [4.69, 9.17) is 16.7 Å². The van der Waals surface area contributed by atoms with Crippen LogP contribution in [0, 0.1) is 5.92 Å². The van der Waals surface area contributed by atoms with Crippen molar-refractivity contribution in [3.63, 3.8) is 0 Å². The number of carbonyl (C=O) groups excluding carboxylic acids is 1. The number of nitrogens with zero attached hydrogens (tertiary/aromatic N) is 1. The second-order valence-corrected chi connectivity index (χ2v) is 3.84. The number of aliphatic carboxylic acids is 1. The van der Waals surface area contributed by atoms with Crippen LogP contribution in [0.1, 0.15) is 19.8 Å². The van der Waals surface area contributed by atoms with Crippen molar-refractivity contribution < 1.29 is 14.7 Å². The smallest absolute Gasteiger partial charge is 0.326 e. The summed E-state index contributed by atoms with van der Waals surface area (Å²) >= 11 is 5.64. The molecule has 80 valence electrons. The highest BCUT2D eigenvalue weighted by Crippen LogP contribution is 2.22. The van der Waals surface area contributed by atoms with Crippen molar-refractivity contribution in [1.82, 2.24) is 4.90 Å². The molecule has 0 spiro atoms. The number of hydrogen-bond acceptors (Lipinski definition) is 2. The third-order valence-electron chi connectivity index (χ3n) is 2.50. The minimum atomic E-state index is -0.934. The van der Waals surface area contributed by atoms with Crippen LogP contribution in [0.3, 0.4) is 0 Å². The number of hydrogen-bond donors (Lipinski definition) is 1. The first kappa shape index (κ1) is 11.3. The zero-order valence-corrected chi connectivity index (χ0v) is 8.83. The minimum absolute atomic E-state index is 0.0927. The lowest BCUT2D eigenvalue weighted by atomic mass is 10.1. The Morgan fingerprint density at radius 2 is 2.43 bits per heavy atom. The standard InChI is InChI=1S/C9H14ClNO3/c1-2-7(9(13)14)11-5-6(4-10)3-8(11)12/h6-7H,2-5H2,1H3,(H,13,14)/t6?,7-/m0/s1. The lowest BCUT2D eigenvalue weighted by Crippen LogP contribution is -2.41. The maximum atomic E-state index is 11.5. The number of rotatable bonds is 4. The molecule has 0 aromatic rings. The average Bonchev–Trinajstić information content (AvgIpc) is 2.48. The first-order valence-corrected chi connectivity index (χ1v) is 5.21. The van der Waals surface area contributed by atoms with Crippen LogP contribution in [0.15, 0.2) is 0 Å². The molecule has 1 saturated heterocycles. The van der Waals surface area contributed by atoms with Gasteiger partial charge in [0.05, 0.1) is 0 Å². The third kappa shape index (κ3) is 2.18. The van der Waals surface area contributed by atoms with Crippen molar-refractivity contribution >= 4 is 23.5 Å². The average molecular weight is 220 g/mol. The van der Waals surface area contributed by atoms with Gasteiger partial charge in [-0.1, -0.05) is 6.92 Å². The summed E-state index contributed by atoms with van der Waals surface area (Å²) in [6, 6.07) is -0.685. The minimum Gasteiger partial charge on any atom is -0.480 e. The van der Waals surface area contributed by atoms with Crippen LogP contribution in [-0.4, -0.2) is 40.3 Å². The van der Waals surface area contributed by atoms with Gasteiger partial charge < -0.3 is 10.0 Å². The van der Waals surface area contributed by atoms with Gasteiger partial charge in [-0.25, -0.2) is 4.79 Å². The quantitative estimate of drug-likeness (QED) is 0.716. The highest BCUT2D eigenvalue weighted by atomic mass is 35.5. The van der Waals surface area contributed by atoms with Crippen molar-refractivity contribution in [3.8, 4) is 0 Å². The van der Waals surface area contributed by atoms with Crippen molar-refractivity contribution in [2.24, 2.45) is 5.92 Å². The van der Waals surface area contributed by atoms with Crippen LogP contribution >= 0.6 is 11.6 Å². The van der Waals surface area contributed by atoms with Crippen LogP contribution in [-0.2, 0) is 9.59 Å². The molecule has 1 rings (SSSR count). The zero-order valence-electron chi connectivity index (χ0n) is 8.07. The van der Waals surface area contributed by atoms with E-state index in [1.165, 1.54) is 4.90 Å². The number of carboxylic acid groups (broad SMARTS) is 1. The highest BCUT2D eigenvalue weighted by molar-refractivity contribution is 6.18. The SMILES string of the molecule is CC[C@@H](C(=O)O)N1CC(CCl)CC1=O. The van der Waals surface area contributed by atoms with Gasteiger partial charge in [0, 0.05) is 18.8 Å². The van der Waals surface area contributed by atoms with E-state index in [0.29, 0.717) is 25.3 Å². The number of carbonyl (C=O) groups is 2. The summed E-state index contributed by atoms with van der Waals surface area (Å²) in [7, 11) is 0. The molecule has 1 amide bonds. The molecule has 1 heterocycles. The van der Waals surface area contributed by atoms with E-state index in [1.807, 2.05) is 0 Å². The summed E-state index contributed by atoms with van der Waals surface area (Å²) in [5.41, 5.74) is 0. The lowest BCUT2D eigenvalue weighted by molar-refractivity contribution is -0.148. The van der Waals surface area contributed by atoms with Crippen molar-refractivity contribution in [3.05, 3.63) is 0 Å². The van der Waals surface area contributed by atoms with Crippen molar-refractivity contribution in [2.45, 2.75) is 25.8 Å². The maximum absolute atomic E-state index is 11.5. The van der Waals surface area contributed by atoms with E-state index in [2.05, 4.69) is 0 Å². The first-order valence-electron chi connectivity index (χ1n) is 4.68. The maximum Gasteiger partial charge on any atom is 0.326 e. The van der Waals surface area contributed by atoms with Gasteiger partial charge in [0.25, 0.3) is 0 Å². The molecule has 0 aromatic carbocycles. The number of amides is 1. The van der Waals surface area contributed by atoms with Crippen LogP contribution in [0.4, 0.5) is 0 Å². The monoisotopic (exact) mass is 219 g/mol. The van der Waals surface area contributed by atoms with Crippen LogP contribution in [0.2, 0.25) is 0 Å². The molecule has 14 heavy (non-hydrogen) atoms. The summed E-state index contributed by atoms with van der Waals surface area (Å²) in [6.45, 7) is 2.24. The molecular formula is C9H14ClNO3. The molecule has 5 heteroatoms. The molecule has 1 fully saturated rings. The van der Waals surface area contributed by atoms with E-state index in [9.17, 15) is 9.59 Å². The van der Waals surface area contributed by atoms with E-state index >= 15 is 0 Å². The molecule has 0 saturated carbocycles. The molecule has 1 unspecified atom stereocenters. The van der Waals surface area contributed by atoms with Gasteiger partial charge in [0.15, 0.2) is 0 Å². The summed E-state index contributed by atoms with van der Waals surface area (Å²) in [6.07, 6.45) is 0.823. The summed E-state index contributed by atoms with van der Waals surface area (Å²) in [4.78, 5) is 23.7. The first-order chi connectivity index (χ1) is 6.60. The molecule has 0 bridgehead atoms. The Bertz CT molecular complexity index is 244. The second-order valence-electron chi connectivity index (χ2n) is 3.53. The molecule has 1 aliphatic heterocycles. The van der Waals surface area contributed by atoms with Crippen LogP contribution < -0.4 is 0 Å². The third-order valence-corrected chi connectivity index (χ3v) is 2.94. The zero-order chi connectivity index (χ0) is 10.7. The molecule has 0 radical (unpaired) electrons. The van der Waals surface area contributed by atoms with Gasteiger partial charge >= 0.3 is 5.97 Å². The Morgan fingerprint density at radius 1 is 1.79 bits per heavy atom. The number of alkyl halides is 1. The molecule has 2 atom stereocenters. The van der Waals surface area contributed by atoms with Gasteiger partial charge in [-0.2, -0.15) is 0 Å². The van der Waals surface area contributed by atoms with E-state index in [0.717, 1.165) is 0 Å². The molecular weight excluding hydrogens is 206 g/mol. The van der Waals surface area contributed by atoms with Crippen molar-refractivity contribution in [2.75, 3.05) is 12.4 Å². The number of halogens is 1. The van der Waals surface area contributed by atoms with E-state index < -0.39 is 12.0 Å². The molecule has 0 aromatic heterocycles. The lowest BCUT2D eigenvalue weighted by Gasteiger charge is -2.23. The number of carboxylic acids is 1. The molecule has 1 N–H and O–H groups in total. The van der Waals surface area contributed by atoms with Gasteiger partial charge in [0.2, 0.25) is 5.91 Å². The van der Waals surface area contributed by atoms with Crippen LogP contribution in [0.25, 0.3) is 0 Å². The second kappa shape index (κ2) is 4.64.